The molecule has 0 saturated carbocycles. The molecule has 0 aromatic rings. The van der Waals surface area contributed by atoms with Gasteiger partial charge in [0, 0.05) is 21.7 Å². The molecular weight excluding hydrogens is 263 g/mol. The van der Waals surface area contributed by atoms with Crippen LogP contribution in [0.3, 0.4) is 0 Å². The molecule has 0 fully saturated rings. The van der Waals surface area contributed by atoms with Gasteiger partial charge in [0.25, 0.3) is 0 Å². The van der Waals surface area contributed by atoms with Crippen LogP contribution in [0.25, 0.3) is 0 Å². The van der Waals surface area contributed by atoms with Crippen LogP contribution in [0.4, 0.5) is 0 Å². The van der Waals surface area contributed by atoms with E-state index in [-0.39, 0.29) is 7.43 Å². The average Bonchev–Trinajstić information content (AvgIpc) is 2.38. The molecule has 0 bridgehead atoms. The van der Waals surface area contributed by atoms with E-state index >= 15 is 0 Å². The molecule has 0 aliphatic rings. The van der Waals surface area contributed by atoms with E-state index in [2.05, 4.69) is 35.6 Å². The summed E-state index contributed by atoms with van der Waals surface area (Å²) >= 11 is 0. The molecule has 114 valence electrons. The van der Waals surface area contributed by atoms with Gasteiger partial charge in [-0.05, 0) is 0 Å². The standard InChI is InChI=1S/C15H32.CH4.Cl2/c1-3-5-7-9-11-13-15-14-12-10-8-6-4-2;;1-2/h3-15H2,1-2H3;1H4;. The van der Waals surface area contributed by atoms with Gasteiger partial charge in [-0.15, -0.1) is 0 Å². The van der Waals surface area contributed by atoms with Gasteiger partial charge < -0.3 is 0 Å². The zero-order valence-corrected chi connectivity index (χ0v) is 13.5. The van der Waals surface area contributed by atoms with Crippen LogP contribution in [0, 0.1) is 0 Å². The number of hydrogen-bond donors (Lipinski definition) is 0. The lowest BCUT2D eigenvalue weighted by Gasteiger charge is -2.01. The SMILES string of the molecule is C.CCCCCCCCCCCCCCC.ClCl. The van der Waals surface area contributed by atoms with Crippen molar-refractivity contribution in [1.82, 2.24) is 0 Å². The number of unbranched alkanes of at least 4 members (excludes halogenated alkanes) is 12. The molecule has 0 N–H and O–H groups in total. The fourth-order valence-corrected chi connectivity index (χ4v) is 2.09. The van der Waals surface area contributed by atoms with Gasteiger partial charge in [-0.25, -0.2) is 0 Å². The number of halogens is 2. The molecule has 18 heavy (non-hydrogen) atoms. The van der Waals surface area contributed by atoms with Crippen LogP contribution in [-0.4, -0.2) is 0 Å². The number of rotatable bonds is 12. The second-order valence-electron chi connectivity index (χ2n) is 4.89. The van der Waals surface area contributed by atoms with Crippen LogP contribution < -0.4 is 0 Å². The van der Waals surface area contributed by atoms with Gasteiger partial charge in [0.1, 0.15) is 0 Å². The van der Waals surface area contributed by atoms with Crippen molar-refractivity contribution in [2.75, 3.05) is 0 Å². The summed E-state index contributed by atoms with van der Waals surface area (Å²) in [6.07, 6.45) is 18.9. The Morgan fingerprint density at radius 3 is 0.778 bits per heavy atom. The predicted molar refractivity (Wildman–Crippen MR) is 89.8 cm³/mol. The summed E-state index contributed by atoms with van der Waals surface area (Å²) < 4.78 is 0. The Balaban J connectivity index is -0.000000709. The summed E-state index contributed by atoms with van der Waals surface area (Å²) in [6.45, 7) is 4.58. The van der Waals surface area contributed by atoms with E-state index in [1.165, 1.54) is 83.5 Å². The van der Waals surface area contributed by atoms with Crippen LogP contribution >= 0.6 is 21.7 Å². The van der Waals surface area contributed by atoms with Gasteiger partial charge in [-0.1, -0.05) is 105 Å². The molecule has 0 saturated heterocycles. The first-order valence-electron chi connectivity index (χ1n) is 7.56. The number of hydrogen-bond acceptors (Lipinski definition) is 0. The smallest absolute Gasteiger partial charge is 0 e. The fraction of sp³-hybridized carbons (Fsp3) is 1.00. The fourth-order valence-electron chi connectivity index (χ4n) is 2.09. The zero-order chi connectivity index (χ0) is 13.2. The molecule has 0 aliphatic heterocycles. The molecule has 0 heterocycles. The molecule has 0 atom stereocenters. The van der Waals surface area contributed by atoms with Gasteiger partial charge >= 0.3 is 0 Å². The summed E-state index contributed by atoms with van der Waals surface area (Å²) in [7, 11) is 8.22. The molecule has 0 aromatic carbocycles. The van der Waals surface area contributed by atoms with Crippen molar-refractivity contribution >= 4 is 21.7 Å². The van der Waals surface area contributed by atoms with E-state index in [1.54, 1.807) is 0 Å². The van der Waals surface area contributed by atoms with Crippen molar-refractivity contribution in [3.63, 3.8) is 0 Å². The summed E-state index contributed by atoms with van der Waals surface area (Å²) in [5.41, 5.74) is 0. The average molecular weight is 299 g/mol. The lowest BCUT2D eigenvalue weighted by molar-refractivity contribution is 0.542. The first kappa shape index (κ1) is 23.7. The normalized spacial score (nSPS) is 9.33. The maximum Gasteiger partial charge on any atom is 0 e. The Labute approximate surface area is 126 Å². The van der Waals surface area contributed by atoms with Crippen molar-refractivity contribution in [3.05, 3.63) is 0 Å². The zero-order valence-electron chi connectivity index (χ0n) is 11.9. The summed E-state index contributed by atoms with van der Waals surface area (Å²) in [5.74, 6) is 0. The van der Waals surface area contributed by atoms with Crippen molar-refractivity contribution < 1.29 is 0 Å². The summed E-state index contributed by atoms with van der Waals surface area (Å²) in [4.78, 5) is 0. The maximum atomic E-state index is 4.11. The minimum atomic E-state index is 0. The molecule has 0 nitrogen and oxygen atoms in total. The van der Waals surface area contributed by atoms with E-state index in [0.29, 0.717) is 0 Å². The molecule has 2 heteroatoms. The molecule has 0 amide bonds. The third-order valence-corrected chi connectivity index (χ3v) is 3.21. The summed E-state index contributed by atoms with van der Waals surface area (Å²) in [6, 6.07) is 0. The minimum Gasteiger partial charge on any atom is -0.0776 e. The highest BCUT2D eigenvalue weighted by Gasteiger charge is 1.92. The maximum absolute atomic E-state index is 4.11. The Hall–Kier alpha value is 0.580. The Morgan fingerprint density at radius 1 is 0.444 bits per heavy atom. The Kier molecular flexibility index (Phi) is 34.4. The topological polar surface area (TPSA) is 0 Å². The lowest BCUT2D eigenvalue weighted by Crippen LogP contribution is -1.82. The van der Waals surface area contributed by atoms with Gasteiger partial charge in [0.2, 0.25) is 0 Å². The van der Waals surface area contributed by atoms with Gasteiger partial charge in [0.15, 0.2) is 0 Å². The molecule has 0 radical (unpaired) electrons. The molecule has 0 unspecified atom stereocenters. The molecular formula is C16H36Cl2. The third kappa shape index (κ3) is 25.4. The lowest BCUT2D eigenvalue weighted by atomic mass is 10.1. The second kappa shape index (κ2) is 26.2. The first-order valence-corrected chi connectivity index (χ1v) is 8.70. The largest absolute Gasteiger partial charge is 0.0776 e. The van der Waals surface area contributed by atoms with E-state index in [4.69, 9.17) is 0 Å². The van der Waals surface area contributed by atoms with Gasteiger partial charge in [-0.3, -0.25) is 0 Å². The Morgan fingerprint density at radius 2 is 0.611 bits per heavy atom. The third-order valence-electron chi connectivity index (χ3n) is 3.21. The van der Waals surface area contributed by atoms with Crippen molar-refractivity contribution in [3.8, 4) is 0 Å². The van der Waals surface area contributed by atoms with Crippen LogP contribution in [0.15, 0.2) is 0 Å². The van der Waals surface area contributed by atoms with Gasteiger partial charge in [0.05, 0.1) is 0 Å². The minimum absolute atomic E-state index is 0. The van der Waals surface area contributed by atoms with E-state index in [0.717, 1.165) is 0 Å². The van der Waals surface area contributed by atoms with Crippen LogP contribution in [0.5, 0.6) is 0 Å². The monoisotopic (exact) mass is 298 g/mol. The van der Waals surface area contributed by atoms with E-state index < -0.39 is 0 Å². The quantitative estimate of drug-likeness (QED) is 0.319. The molecule has 0 aliphatic carbocycles. The van der Waals surface area contributed by atoms with Crippen LogP contribution in [-0.2, 0) is 0 Å². The Bertz CT molecular complexity index is 93.3. The molecule has 0 aromatic heterocycles. The highest BCUT2D eigenvalue weighted by molar-refractivity contribution is 6.85. The van der Waals surface area contributed by atoms with Gasteiger partial charge in [-0.2, -0.15) is 0 Å². The van der Waals surface area contributed by atoms with E-state index in [1.807, 2.05) is 0 Å². The predicted octanol–water partition coefficient (Wildman–Crippen LogP) is 8.11. The van der Waals surface area contributed by atoms with Crippen molar-refractivity contribution in [2.45, 2.75) is 105 Å². The van der Waals surface area contributed by atoms with Crippen LogP contribution in [0.2, 0.25) is 0 Å². The summed E-state index contributed by atoms with van der Waals surface area (Å²) in [5, 5.41) is 0. The van der Waals surface area contributed by atoms with E-state index in [9.17, 15) is 0 Å². The van der Waals surface area contributed by atoms with Crippen molar-refractivity contribution in [1.29, 1.82) is 0 Å². The highest BCUT2D eigenvalue weighted by Crippen LogP contribution is 2.12. The molecule has 0 spiro atoms. The highest BCUT2D eigenvalue weighted by atomic mass is 36.5. The second-order valence-corrected chi connectivity index (χ2v) is 4.89. The first-order chi connectivity index (χ1) is 8.41. The molecule has 0 rings (SSSR count). The van der Waals surface area contributed by atoms with Crippen LogP contribution in [0.1, 0.15) is 105 Å². The van der Waals surface area contributed by atoms with Crippen molar-refractivity contribution in [2.24, 2.45) is 0 Å².